The third kappa shape index (κ3) is 1.14. The van der Waals surface area contributed by atoms with Crippen molar-refractivity contribution in [2.45, 2.75) is 0 Å². The molecule has 11 heavy (non-hydrogen) atoms. The van der Waals surface area contributed by atoms with Crippen molar-refractivity contribution in [1.29, 1.82) is 0 Å². The van der Waals surface area contributed by atoms with Crippen LogP contribution in [0.5, 0.6) is 0 Å². The average molecular weight is 166 g/mol. The van der Waals surface area contributed by atoms with Crippen LogP contribution in [0.1, 0.15) is 0 Å². The zero-order valence-corrected chi connectivity index (χ0v) is 6.28. The zero-order valence-electron chi connectivity index (χ0n) is 5.53. The Morgan fingerprint density at radius 2 is 2.09 bits per heavy atom. The summed E-state index contributed by atoms with van der Waals surface area (Å²) in [6.07, 6.45) is 4.82. The summed E-state index contributed by atoms with van der Waals surface area (Å²) in [4.78, 5) is 12.0. The van der Waals surface area contributed by atoms with E-state index in [9.17, 15) is 0 Å². The van der Waals surface area contributed by atoms with Gasteiger partial charge in [-0.1, -0.05) is 11.6 Å². The summed E-state index contributed by atoms with van der Waals surface area (Å²) < 4.78 is 0. The van der Waals surface area contributed by atoms with E-state index >= 15 is 0 Å². The van der Waals surface area contributed by atoms with Crippen LogP contribution in [0, 0.1) is 0 Å². The highest BCUT2D eigenvalue weighted by Crippen LogP contribution is 2.09. The van der Waals surface area contributed by atoms with Crippen molar-refractivity contribution in [3.05, 3.63) is 29.8 Å². The summed E-state index contributed by atoms with van der Waals surface area (Å²) >= 11 is 5.62. The molecule has 0 atom stereocenters. The lowest BCUT2D eigenvalue weighted by molar-refractivity contribution is 1.25. The molecule has 0 spiro atoms. The summed E-state index contributed by atoms with van der Waals surface area (Å²) in [5.41, 5.74) is 1.53. The molecule has 0 aliphatic heterocycles. The first kappa shape index (κ1) is 6.49. The highest BCUT2D eigenvalue weighted by Gasteiger charge is 1.94. The second kappa shape index (κ2) is 2.43. The number of hydrogen-bond acceptors (Lipinski definition) is 3. The predicted molar refractivity (Wildman–Crippen MR) is 42.3 cm³/mol. The van der Waals surface area contributed by atoms with Gasteiger partial charge in [-0.15, -0.1) is 0 Å². The van der Waals surface area contributed by atoms with Crippen LogP contribution < -0.4 is 0 Å². The van der Waals surface area contributed by atoms with Gasteiger partial charge in [-0.05, 0) is 6.07 Å². The van der Waals surface area contributed by atoms with E-state index in [1.165, 1.54) is 6.20 Å². The molecule has 0 amide bonds. The lowest BCUT2D eigenvalue weighted by Crippen LogP contribution is -1.83. The quantitative estimate of drug-likeness (QED) is 0.596. The van der Waals surface area contributed by atoms with E-state index < -0.39 is 0 Å². The molecule has 3 nitrogen and oxygen atoms in total. The van der Waals surface area contributed by atoms with E-state index in [0.29, 0.717) is 5.15 Å². The monoisotopic (exact) mass is 165 g/mol. The molecule has 0 aromatic carbocycles. The average Bonchev–Trinajstić information content (AvgIpc) is 2.04. The smallest absolute Gasteiger partial charge is 0.148 e. The maximum atomic E-state index is 5.62. The van der Waals surface area contributed by atoms with Gasteiger partial charge < -0.3 is 0 Å². The highest BCUT2D eigenvalue weighted by molar-refractivity contribution is 6.29. The van der Waals surface area contributed by atoms with E-state index in [2.05, 4.69) is 15.0 Å². The molecule has 2 rings (SSSR count). The lowest BCUT2D eigenvalue weighted by Gasteiger charge is -1.93. The largest absolute Gasteiger partial charge is 0.262 e. The second-order valence-corrected chi connectivity index (χ2v) is 2.44. The fourth-order valence-corrected chi connectivity index (χ4v) is 0.979. The standard InChI is InChI=1S/C7H4ClN3/c8-7-4-10-6-3-9-2-1-5(6)11-7/h1-4H. The van der Waals surface area contributed by atoms with Crippen LogP contribution in [0.3, 0.4) is 0 Å². The first-order chi connectivity index (χ1) is 5.36. The van der Waals surface area contributed by atoms with Gasteiger partial charge in [-0.25, -0.2) is 9.97 Å². The van der Waals surface area contributed by atoms with E-state index in [0.717, 1.165) is 11.0 Å². The molecule has 0 saturated carbocycles. The Morgan fingerprint density at radius 1 is 1.18 bits per heavy atom. The van der Waals surface area contributed by atoms with Gasteiger partial charge in [-0.2, -0.15) is 0 Å². The van der Waals surface area contributed by atoms with Crippen molar-refractivity contribution in [3.63, 3.8) is 0 Å². The molecule has 0 saturated heterocycles. The molecule has 2 aromatic heterocycles. The molecular formula is C7H4ClN3. The zero-order chi connectivity index (χ0) is 7.68. The predicted octanol–water partition coefficient (Wildman–Crippen LogP) is 1.68. The first-order valence-electron chi connectivity index (χ1n) is 3.08. The van der Waals surface area contributed by atoms with E-state index in [1.54, 1.807) is 18.5 Å². The van der Waals surface area contributed by atoms with Gasteiger partial charge in [-0.3, -0.25) is 4.98 Å². The minimum absolute atomic E-state index is 0.406. The second-order valence-electron chi connectivity index (χ2n) is 2.06. The number of fused-ring (bicyclic) bond motifs is 1. The van der Waals surface area contributed by atoms with Gasteiger partial charge in [0.25, 0.3) is 0 Å². The molecule has 0 aliphatic carbocycles. The molecule has 2 heterocycles. The summed E-state index contributed by atoms with van der Waals surface area (Å²) in [5, 5.41) is 0.406. The molecule has 4 heteroatoms. The van der Waals surface area contributed by atoms with Gasteiger partial charge in [0.15, 0.2) is 0 Å². The normalized spacial score (nSPS) is 10.3. The molecule has 0 radical (unpaired) electrons. The summed E-state index contributed by atoms with van der Waals surface area (Å²) in [6, 6.07) is 1.77. The van der Waals surface area contributed by atoms with Crippen molar-refractivity contribution in [2.75, 3.05) is 0 Å². The van der Waals surface area contributed by atoms with Gasteiger partial charge >= 0.3 is 0 Å². The number of aromatic nitrogens is 3. The molecule has 54 valence electrons. The summed E-state index contributed by atoms with van der Waals surface area (Å²) in [7, 11) is 0. The Bertz CT molecular complexity index is 388. The summed E-state index contributed by atoms with van der Waals surface area (Å²) in [6.45, 7) is 0. The Labute approximate surface area is 68.1 Å². The number of pyridine rings is 1. The lowest BCUT2D eigenvalue weighted by atomic mass is 10.4. The third-order valence-electron chi connectivity index (χ3n) is 1.32. The van der Waals surface area contributed by atoms with Crippen molar-refractivity contribution in [1.82, 2.24) is 15.0 Å². The highest BCUT2D eigenvalue weighted by atomic mass is 35.5. The molecule has 0 unspecified atom stereocenters. The summed E-state index contributed by atoms with van der Waals surface area (Å²) in [5.74, 6) is 0. The van der Waals surface area contributed by atoms with Crippen molar-refractivity contribution >= 4 is 22.6 Å². The Kier molecular flexibility index (Phi) is 1.43. The maximum absolute atomic E-state index is 5.62. The van der Waals surface area contributed by atoms with Gasteiger partial charge in [0.05, 0.1) is 17.9 Å². The van der Waals surface area contributed by atoms with E-state index in [1.807, 2.05) is 0 Å². The molecule has 0 N–H and O–H groups in total. The number of halogens is 1. The van der Waals surface area contributed by atoms with Crippen LogP contribution in [0.15, 0.2) is 24.7 Å². The Balaban J connectivity index is 2.83. The van der Waals surface area contributed by atoms with E-state index in [4.69, 9.17) is 11.6 Å². The number of nitrogens with zero attached hydrogens (tertiary/aromatic N) is 3. The minimum atomic E-state index is 0.406. The fourth-order valence-electron chi connectivity index (χ4n) is 0.840. The van der Waals surface area contributed by atoms with Crippen LogP contribution in [-0.2, 0) is 0 Å². The fraction of sp³-hybridized carbons (Fsp3) is 0. The Morgan fingerprint density at radius 3 is 3.00 bits per heavy atom. The maximum Gasteiger partial charge on any atom is 0.148 e. The molecule has 0 fully saturated rings. The van der Waals surface area contributed by atoms with Crippen LogP contribution in [0.2, 0.25) is 5.15 Å². The van der Waals surface area contributed by atoms with Gasteiger partial charge in [0.1, 0.15) is 10.7 Å². The van der Waals surface area contributed by atoms with Crippen molar-refractivity contribution < 1.29 is 0 Å². The first-order valence-corrected chi connectivity index (χ1v) is 3.46. The van der Waals surface area contributed by atoms with Gasteiger partial charge in [0, 0.05) is 6.20 Å². The van der Waals surface area contributed by atoms with Crippen LogP contribution in [0.4, 0.5) is 0 Å². The molecule has 0 aliphatic rings. The number of rotatable bonds is 0. The molecule has 2 aromatic rings. The van der Waals surface area contributed by atoms with Crippen LogP contribution >= 0.6 is 11.6 Å². The number of hydrogen-bond donors (Lipinski definition) is 0. The van der Waals surface area contributed by atoms with Gasteiger partial charge in [0.2, 0.25) is 0 Å². The molecule has 0 bridgehead atoms. The van der Waals surface area contributed by atoms with E-state index in [-0.39, 0.29) is 0 Å². The topological polar surface area (TPSA) is 38.7 Å². The van der Waals surface area contributed by atoms with Crippen LogP contribution in [0.25, 0.3) is 11.0 Å². The molecular weight excluding hydrogens is 162 g/mol. The van der Waals surface area contributed by atoms with Crippen LogP contribution in [-0.4, -0.2) is 15.0 Å². The van der Waals surface area contributed by atoms with Crippen molar-refractivity contribution in [2.24, 2.45) is 0 Å². The third-order valence-corrected chi connectivity index (χ3v) is 1.50. The SMILES string of the molecule is Clc1cnc2cnccc2n1. The Hall–Kier alpha value is -1.22. The van der Waals surface area contributed by atoms with Crippen molar-refractivity contribution in [3.8, 4) is 0 Å². The minimum Gasteiger partial charge on any atom is -0.262 e.